The molecule has 1 aromatic rings. The molecule has 5 nitrogen and oxygen atoms in total. The van der Waals surface area contributed by atoms with Gasteiger partial charge in [-0.1, -0.05) is 19.9 Å². The smallest absolute Gasteiger partial charge is 0.415 e. The Morgan fingerprint density at radius 3 is 2.38 bits per heavy atom. The van der Waals surface area contributed by atoms with Crippen molar-refractivity contribution in [1.82, 2.24) is 0 Å². The Balaban J connectivity index is 3.23. The van der Waals surface area contributed by atoms with Crippen LogP contribution in [-0.2, 0) is 9.53 Å². The first-order chi connectivity index (χ1) is 9.65. The van der Waals surface area contributed by atoms with Gasteiger partial charge in [0.25, 0.3) is 0 Å². The second kappa shape index (κ2) is 6.61. The topological polar surface area (TPSA) is 66.8 Å². The van der Waals surface area contributed by atoms with Crippen molar-refractivity contribution in [2.45, 2.75) is 46.3 Å². The van der Waals surface area contributed by atoms with Crippen molar-refractivity contribution in [3.63, 3.8) is 0 Å². The Kier molecular flexibility index (Phi) is 5.35. The van der Waals surface area contributed by atoms with Crippen molar-refractivity contribution >= 4 is 18.1 Å². The summed E-state index contributed by atoms with van der Waals surface area (Å²) in [6.07, 6.45) is 0.109. The summed E-state index contributed by atoms with van der Waals surface area (Å²) in [5.74, 6) is -0.0631. The van der Waals surface area contributed by atoms with E-state index in [1.807, 2.05) is 13.8 Å². The van der Waals surface area contributed by atoms with Gasteiger partial charge in [0.2, 0.25) is 0 Å². The maximum Gasteiger partial charge on any atom is 0.415 e. The lowest BCUT2D eigenvalue weighted by Gasteiger charge is -2.32. The number of hydrogen-bond donors (Lipinski definition) is 1. The fourth-order valence-electron chi connectivity index (χ4n) is 1.87. The number of rotatable bonds is 4. The van der Waals surface area contributed by atoms with Gasteiger partial charge in [-0.2, -0.15) is 0 Å². The van der Waals surface area contributed by atoms with E-state index in [0.29, 0.717) is 5.69 Å². The number of aromatic hydroxyl groups is 1. The Morgan fingerprint density at radius 1 is 1.33 bits per heavy atom. The largest absolute Gasteiger partial charge is 0.508 e. The SMILES string of the molecule is CC(C)C(C=O)N(C(=O)OC(C)(C)C)c1cccc(O)c1. The molecule has 5 heteroatoms. The predicted molar refractivity (Wildman–Crippen MR) is 81.5 cm³/mol. The van der Waals surface area contributed by atoms with Crippen LogP contribution in [0.15, 0.2) is 24.3 Å². The Bertz CT molecular complexity index is 505. The molecule has 116 valence electrons. The van der Waals surface area contributed by atoms with Crippen LogP contribution in [0.25, 0.3) is 0 Å². The van der Waals surface area contributed by atoms with E-state index in [1.165, 1.54) is 17.0 Å². The number of phenolic OH excluding ortho intramolecular Hbond substituents is 1. The third-order valence-corrected chi connectivity index (χ3v) is 2.82. The van der Waals surface area contributed by atoms with Crippen molar-refractivity contribution in [2.75, 3.05) is 4.90 Å². The summed E-state index contributed by atoms with van der Waals surface area (Å²) in [6, 6.07) is 5.54. The number of benzene rings is 1. The highest BCUT2D eigenvalue weighted by atomic mass is 16.6. The molecule has 1 N–H and O–H groups in total. The number of hydrogen-bond acceptors (Lipinski definition) is 4. The zero-order valence-electron chi connectivity index (χ0n) is 13.2. The fraction of sp³-hybridized carbons (Fsp3) is 0.500. The summed E-state index contributed by atoms with van der Waals surface area (Å²) in [7, 11) is 0. The highest BCUT2D eigenvalue weighted by Crippen LogP contribution is 2.26. The minimum Gasteiger partial charge on any atom is -0.508 e. The highest BCUT2D eigenvalue weighted by Gasteiger charge is 2.31. The molecular formula is C16H23NO4. The number of nitrogens with zero attached hydrogens (tertiary/aromatic N) is 1. The molecule has 0 heterocycles. The first-order valence-electron chi connectivity index (χ1n) is 6.92. The third kappa shape index (κ3) is 4.77. The first kappa shape index (κ1) is 17.0. The Labute approximate surface area is 125 Å². The fourth-order valence-corrected chi connectivity index (χ4v) is 1.87. The van der Waals surface area contributed by atoms with Crippen molar-refractivity contribution < 1.29 is 19.4 Å². The average molecular weight is 293 g/mol. The minimum absolute atomic E-state index is 0.0227. The van der Waals surface area contributed by atoms with Crippen LogP contribution in [0, 0.1) is 5.92 Å². The lowest BCUT2D eigenvalue weighted by Crippen LogP contribution is -2.47. The highest BCUT2D eigenvalue weighted by molar-refractivity contribution is 5.93. The van der Waals surface area contributed by atoms with E-state index in [0.717, 1.165) is 6.29 Å². The van der Waals surface area contributed by atoms with E-state index in [9.17, 15) is 14.7 Å². The van der Waals surface area contributed by atoms with Gasteiger partial charge in [-0.25, -0.2) is 4.79 Å². The summed E-state index contributed by atoms with van der Waals surface area (Å²) in [6.45, 7) is 8.98. The molecule has 1 unspecified atom stereocenters. The quantitative estimate of drug-likeness (QED) is 0.864. The lowest BCUT2D eigenvalue weighted by molar-refractivity contribution is -0.109. The van der Waals surface area contributed by atoms with Crippen LogP contribution >= 0.6 is 0 Å². The van der Waals surface area contributed by atoms with Gasteiger partial charge in [0.15, 0.2) is 0 Å². The van der Waals surface area contributed by atoms with Gasteiger partial charge in [0, 0.05) is 6.07 Å². The van der Waals surface area contributed by atoms with Gasteiger partial charge in [-0.3, -0.25) is 4.90 Å². The Morgan fingerprint density at radius 2 is 1.95 bits per heavy atom. The summed E-state index contributed by atoms with van der Waals surface area (Å²) < 4.78 is 5.37. The van der Waals surface area contributed by atoms with Gasteiger partial charge in [0.1, 0.15) is 17.6 Å². The maximum absolute atomic E-state index is 12.4. The summed E-state index contributed by atoms with van der Waals surface area (Å²) >= 11 is 0. The monoisotopic (exact) mass is 293 g/mol. The molecule has 0 aliphatic rings. The number of aldehydes is 1. The number of phenols is 1. The second-order valence-corrected chi connectivity index (χ2v) is 6.24. The van der Waals surface area contributed by atoms with Crippen LogP contribution in [-0.4, -0.2) is 29.1 Å². The number of carbonyl (C=O) groups is 2. The zero-order chi connectivity index (χ0) is 16.2. The second-order valence-electron chi connectivity index (χ2n) is 6.24. The van der Waals surface area contributed by atoms with Crippen molar-refractivity contribution in [3.05, 3.63) is 24.3 Å². The predicted octanol–water partition coefficient (Wildman–Crippen LogP) is 3.36. The standard InChI is InChI=1S/C16H23NO4/c1-11(2)14(10-18)17(15(20)21-16(3,4)5)12-7-6-8-13(19)9-12/h6-11,14,19H,1-5H3. The summed E-state index contributed by atoms with van der Waals surface area (Å²) in [4.78, 5) is 25.1. The lowest BCUT2D eigenvalue weighted by atomic mass is 10.0. The van der Waals surface area contributed by atoms with E-state index in [1.54, 1.807) is 32.9 Å². The molecule has 0 fully saturated rings. The molecule has 21 heavy (non-hydrogen) atoms. The molecule has 0 aliphatic carbocycles. The van der Waals surface area contributed by atoms with Crippen LogP contribution in [0.3, 0.4) is 0 Å². The third-order valence-electron chi connectivity index (χ3n) is 2.82. The van der Waals surface area contributed by atoms with Crippen LogP contribution < -0.4 is 4.90 Å². The van der Waals surface area contributed by atoms with Gasteiger partial charge < -0.3 is 14.6 Å². The molecule has 0 aromatic heterocycles. The van der Waals surface area contributed by atoms with E-state index < -0.39 is 17.7 Å². The van der Waals surface area contributed by atoms with Gasteiger partial charge in [-0.05, 0) is 38.8 Å². The summed E-state index contributed by atoms with van der Waals surface area (Å²) in [5.41, 5.74) is -0.244. The molecular weight excluding hydrogens is 270 g/mol. The average Bonchev–Trinajstić information content (AvgIpc) is 2.32. The molecule has 1 atom stereocenters. The molecule has 0 saturated carbocycles. The first-order valence-corrected chi connectivity index (χ1v) is 6.92. The van der Waals surface area contributed by atoms with Crippen molar-refractivity contribution in [1.29, 1.82) is 0 Å². The van der Waals surface area contributed by atoms with Crippen LogP contribution in [0.2, 0.25) is 0 Å². The molecule has 1 aromatic carbocycles. The summed E-state index contributed by atoms with van der Waals surface area (Å²) in [5, 5.41) is 9.60. The molecule has 0 radical (unpaired) electrons. The van der Waals surface area contributed by atoms with Crippen molar-refractivity contribution in [3.8, 4) is 5.75 Å². The van der Waals surface area contributed by atoms with Crippen LogP contribution in [0.4, 0.5) is 10.5 Å². The van der Waals surface area contributed by atoms with E-state index >= 15 is 0 Å². The molecule has 0 saturated heterocycles. The minimum atomic E-state index is -0.670. The molecule has 0 bridgehead atoms. The maximum atomic E-state index is 12.4. The van der Waals surface area contributed by atoms with E-state index in [2.05, 4.69) is 0 Å². The number of carbonyl (C=O) groups excluding carboxylic acids is 2. The molecule has 0 spiro atoms. The number of ether oxygens (including phenoxy) is 1. The Hall–Kier alpha value is -2.04. The zero-order valence-corrected chi connectivity index (χ0v) is 13.2. The van der Waals surface area contributed by atoms with Crippen molar-refractivity contribution in [2.24, 2.45) is 5.92 Å². The van der Waals surface area contributed by atoms with Gasteiger partial charge >= 0.3 is 6.09 Å². The number of anilines is 1. The van der Waals surface area contributed by atoms with Gasteiger partial charge in [-0.15, -0.1) is 0 Å². The molecule has 0 aliphatic heterocycles. The molecule has 1 amide bonds. The van der Waals surface area contributed by atoms with E-state index in [-0.39, 0.29) is 11.7 Å². The van der Waals surface area contributed by atoms with Gasteiger partial charge in [0.05, 0.1) is 11.7 Å². The normalized spacial score (nSPS) is 12.9. The van der Waals surface area contributed by atoms with Crippen LogP contribution in [0.1, 0.15) is 34.6 Å². The van der Waals surface area contributed by atoms with Crippen LogP contribution in [0.5, 0.6) is 5.75 Å². The molecule has 1 rings (SSSR count). The van der Waals surface area contributed by atoms with E-state index in [4.69, 9.17) is 4.74 Å². The number of amides is 1.